The van der Waals surface area contributed by atoms with Crippen LogP contribution in [-0.2, 0) is 10.0 Å². The average molecular weight is 331 g/mol. The van der Waals surface area contributed by atoms with Crippen molar-refractivity contribution in [3.05, 3.63) is 59.4 Å². The summed E-state index contributed by atoms with van der Waals surface area (Å²) in [6.07, 6.45) is 0. The monoisotopic (exact) mass is 331 g/mol. The second-order valence-corrected chi connectivity index (χ2v) is 5.87. The van der Waals surface area contributed by atoms with Crippen molar-refractivity contribution in [2.45, 2.75) is 4.90 Å². The van der Waals surface area contributed by atoms with E-state index < -0.39 is 44.0 Å². The number of nitrogens with one attached hydrogen (secondary N) is 1. The summed E-state index contributed by atoms with van der Waals surface area (Å²) in [7, 11) is -4.44. The Labute approximate surface area is 123 Å². The van der Waals surface area contributed by atoms with Crippen molar-refractivity contribution in [3.8, 4) is 0 Å². The third kappa shape index (κ3) is 3.19. The van der Waals surface area contributed by atoms with E-state index >= 15 is 0 Å². The first-order valence-corrected chi connectivity index (χ1v) is 7.20. The Bertz CT molecular complexity index is 829. The van der Waals surface area contributed by atoms with E-state index in [-0.39, 0.29) is 5.56 Å². The van der Waals surface area contributed by atoms with Gasteiger partial charge >= 0.3 is 5.97 Å². The fourth-order valence-corrected chi connectivity index (χ4v) is 2.75. The lowest BCUT2D eigenvalue weighted by Crippen LogP contribution is -2.16. The SMILES string of the molecule is O=C(O)c1cccc(S(=O)(=O)Nc2c(F)cc(F)cc2F)c1. The number of sulfonamides is 1. The summed E-state index contributed by atoms with van der Waals surface area (Å²) < 4.78 is 65.4. The molecule has 2 aromatic carbocycles. The molecule has 0 aliphatic carbocycles. The van der Waals surface area contributed by atoms with E-state index in [1.165, 1.54) is 0 Å². The summed E-state index contributed by atoms with van der Waals surface area (Å²) in [5.74, 6) is -5.44. The van der Waals surface area contributed by atoms with Gasteiger partial charge in [-0.1, -0.05) is 6.07 Å². The quantitative estimate of drug-likeness (QED) is 0.902. The van der Waals surface area contributed by atoms with Crippen molar-refractivity contribution in [2.75, 3.05) is 4.72 Å². The summed E-state index contributed by atoms with van der Waals surface area (Å²) in [5.41, 5.74) is -1.37. The number of carbonyl (C=O) groups is 1. The highest BCUT2D eigenvalue weighted by molar-refractivity contribution is 7.92. The summed E-state index contributed by atoms with van der Waals surface area (Å²) in [6, 6.07) is 4.82. The van der Waals surface area contributed by atoms with Gasteiger partial charge < -0.3 is 5.11 Å². The lowest BCUT2D eigenvalue weighted by Gasteiger charge is -2.10. The van der Waals surface area contributed by atoms with Crippen LogP contribution in [0.1, 0.15) is 10.4 Å². The fraction of sp³-hybridized carbons (Fsp3) is 0. The van der Waals surface area contributed by atoms with Crippen LogP contribution in [0.25, 0.3) is 0 Å². The van der Waals surface area contributed by atoms with E-state index in [0.717, 1.165) is 24.3 Å². The third-order valence-corrected chi connectivity index (χ3v) is 3.98. The van der Waals surface area contributed by atoms with Crippen LogP contribution in [0.5, 0.6) is 0 Å². The van der Waals surface area contributed by atoms with Crippen molar-refractivity contribution < 1.29 is 31.5 Å². The molecule has 0 bridgehead atoms. The minimum absolute atomic E-state index is 0.314. The molecule has 0 aliphatic heterocycles. The summed E-state index contributed by atoms with van der Waals surface area (Å²) >= 11 is 0. The van der Waals surface area contributed by atoms with Gasteiger partial charge in [-0.2, -0.15) is 0 Å². The summed E-state index contributed by atoms with van der Waals surface area (Å²) in [5, 5.41) is 8.81. The van der Waals surface area contributed by atoms with Gasteiger partial charge in [0.25, 0.3) is 10.0 Å². The maximum absolute atomic E-state index is 13.5. The second kappa shape index (κ2) is 5.68. The molecule has 22 heavy (non-hydrogen) atoms. The van der Waals surface area contributed by atoms with E-state index in [9.17, 15) is 26.4 Å². The molecule has 116 valence electrons. The molecule has 0 atom stereocenters. The predicted molar refractivity (Wildman–Crippen MR) is 70.5 cm³/mol. The zero-order valence-electron chi connectivity index (χ0n) is 10.7. The lowest BCUT2D eigenvalue weighted by atomic mass is 10.2. The topological polar surface area (TPSA) is 83.5 Å². The van der Waals surface area contributed by atoms with Gasteiger partial charge in [-0.05, 0) is 18.2 Å². The Hall–Kier alpha value is -2.55. The van der Waals surface area contributed by atoms with Crippen molar-refractivity contribution in [1.82, 2.24) is 0 Å². The van der Waals surface area contributed by atoms with Crippen LogP contribution in [-0.4, -0.2) is 19.5 Å². The van der Waals surface area contributed by atoms with Crippen LogP contribution in [0.15, 0.2) is 41.3 Å². The van der Waals surface area contributed by atoms with Gasteiger partial charge in [0.15, 0.2) is 11.6 Å². The van der Waals surface area contributed by atoms with Crippen LogP contribution in [0.4, 0.5) is 18.9 Å². The number of benzene rings is 2. The minimum Gasteiger partial charge on any atom is -0.478 e. The fourth-order valence-electron chi connectivity index (χ4n) is 1.63. The lowest BCUT2D eigenvalue weighted by molar-refractivity contribution is 0.0696. The van der Waals surface area contributed by atoms with Gasteiger partial charge in [0.2, 0.25) is 0 Å². The van der Waals surface area contributed by atoms with E-state index in [1.54, 1.807) is 4.72 Å². The molecule has 5 nitrogen and oxygen atoms in total. The van der Waals surface area contributed by atoms with Crippen molar-refractivity contribution >= 4 is 21.7 Å². The van der Waals surface area contributed by atoms with Gasteiger partial charge in [-0.25, -0.2) is 26.4 Å². The summed E-state index contributed by atoms with van der Waals surface area (Å²) in [6.45, 7) is 0. The standard InChI is InChI=1S/C13H8F3NO4S/c14-8-5-10(15)12(11(16)6-8)17-22(20,21)9-3-1-2-7(4-9)13(18)19/h1-6,17H,(H,18,19). The molecule has 0 radical (unpaired) electrons. The number of anilines is 1. The molecule has 0 amide bonds. The molecule has 0 saturated carbocycles. The minimum atomic E-state index is -4.44. The molecule has 0 fully saturated rings. The van der Waals surface area contributed by atoms with E-state index in [2.05, 4.69) is 0 Å². The van der Waals surface area contributed by atoms with E-state index in [1.807, 2.05) is 0 Å². The number of rotatable bonds is 4. The van der Waals surface area contributed by atoms with Gasteiger partial charge in [-0.15, -0.1) is 0 Å². The average Bonchev–Trinajstić information content (AvgIpc) is 2.43. The Kier molecular flexibility index (Phi) is 4.09. The Morgan fingerprint density at radius 2 is 1.64 bits per heavy atom. The highest BCUT2D eigenvalue weighted by Gasteiger charge is 2.21. The smallest absolute Gasteiger partial charge is 0.335 e. The molecule has 2 rings (SSSR count). The third-order valence-electron chi connectivity index (χ3n) is 2.63. The number of halogens is 3. The van der Waals surface area contributed by atoms with Crippen LogP contribution >= 0.6 is 0 Å². The number of aromatic carboxylic acids is 1. The van der Waals surface area contributed by atoms with Crippen LogP contribution in [0.3, 0.4) is 0 Å². The van der Waals surface area contributed by atoms with E-state index in [4.69, 9.17) is 5.11 Å². The Morgan fingerprint density at radius 3 is 2.18 bits per heavy atom. The van der Waals surface area contributed by atoms with Gasteiger partial charge in [0.1, 0.15) is 11.5 Å². The van der Waals surface area contributed by atoms with Crippen LogP contribution in [0.2, 0.25) is 0 Å². The molecule has 9 heteroatoms. The normalized spacial score (nSPS) is 11.2. The molecule has 2 N–H and O–H groups in total. The van der Waals surface area contributed by atoms with Crippen LogP contribution < -0.4 is 4.72 Å². The van der Waals surface area contributed by atoms with Gasteiger partial charge in [0, 0.05) is 12.1 Å². The zero-order valence-corrected chi connectivity index (χ0v) is 11.5. The highest BCUT2D eigenvalue weighted by atomic mass is 32.2. The molecular weight excluding hydrogens is 323 g/mol. The Morgan fingerprint density at radius 1 is 1.05 bits per heavy atom. The Balaban J connectivity index is 2.45. The zero-order chi connectivity index (χ0) is 16.5. The first-order chi connectivity index (χ1) is 10.2. The molecular formula is C13H8F3NO4S. The van der Waals surface area contributed by atoms with Crippen LogP contribution in [0, 0.1) is 17.5 Å². The van der Waals surface area contributed by atoms with Crippen molar-refractivity contribution in [3.63, 3.8) is 0 Å². The molecule has 2 aromatic rings. The largest absolute Gasteiger partial charge is 0.478 e. The predicted octanol–water partition coefficient (Wildman–Crippen LogP) is 2.60. The molecule has 0 saturated heterocycles. The number of hydrogen-bond donors (Lipinski definition) is 2. The first kappa shape index (κ1) is 15.8. The molecule has 0 aliphatic rings. The maximum Gasteiger partial charge on any atom is 0.335 e. The van der Waals surface area contributed by atoms with Crippen molar-refractivity contribution in [2.24, 2.45) is 0 Å². The van der Waals surface area contributed by atoms with E-state index in [0.29, 0.717) is 12.1 Å². The highest BCUT2D eigenvalue weighted by Crippen LogP contribution is 2.24. The maximum atomic E-state index is 13.5. The van der Waals surface area contributed by atoms with Gasteiger partial charge in [-0.3, -0.25) is 4.72 Å². The second-order valence-electron chi connectivity index (χ2n) is 4.18. The molecule has 0 spiro atoms. The number of carboxylic acids is 1. The summed E-state index contributed by atoms with van der Waals surface area (Å²) in [4.78, 5) is 10.3. The van der Waals surface area contributed by atoms with Crippen molar-refractivity contribution in [1.29, 1.82) is 0 Å². The molecule has 0 aromatic heterocycles. The van der Waals surface area contributed by atoms with Gasteiger partial charge in [0.05, 0.1) is 10.5 Å². The first-order valence-electron chi connectivity index (χ1n) is 5.71. The number of carboxylic acid groups (broad SMARTS) is 1. The molecule has 0 unspecified atom stereocenters. The number of hydrogen-bond acceptors (Lipinski definition) is 3. The molecule has 0 heterocycles.